The molecule has 1 unspecified atom stereocenters. The molecule has 1 saturated heterocycles. The van der Waals surface area contributed by atoms with Gasteiger partial charge in [-0.3, -0.25) is 9.89 Å². The Labute approximate surface area is 127 Å². The lowest BCUT2D eigenvalue weighted by Gasteiger charge is -2.15. The fourth-order valence-corrected chi connectivity index (χ4v) is 2.80. The summed E-state index contributed by atoms with van der Waals surface area (Å²) in [5, 5.41) is 0. The second-order valence-electron chi connectivity index (χ2n) is 5.96. The van der Waals surface area contributed by atoms with E-state index in [9.17, 15) is 0 Å². The van der Waals surface area contributed by atoms with Gasteiger partial charge in [0.2, 0.25) is 0 Å². The quantitative estimate of drug-likeness (QED) is 0.762. The zero-order valence-corrected chi connectivity index (χ0v) is 12.6. The molecule has 0 spiro atoms. The third-order valence-electron chi connectivity index (χ3n) is 4.01. The summed E-state index contributed by atoms with van der Waals surface area (Å²) in [4.78, 5) is 7.02. The molecule has 2 nitrogen and oxygen atoms in total. The van der Waals surface area contributed by atoms with Crippen LogP contribution in [0.25, 0.3) is 0 Å². The maximum Gasteiger partial charge on any atom is 0.0629 e. The molecule has 0 amide bonds. The van der Waals surface area contributed by atoms with E-state index in [1.165, 1.54) is 25.1 Å². The minimum atomic E-state index is 0.849. The highest BCUT2D eigenvalue weighted by Gasteiger charge is 2.18. The van der Waals surface area contributed by atoms with Crippen molar-refractivity contribution in [3.8, 4) is 0 Å². The van der Waals surface area contributed by atoms with Crippen molar-refractivity contribution < 1.29 is 0 Å². The summed E-state index contributed by atoms with van der Waals surface area (Å²) >= 11 is 0. The molecular formula is C19H22N2. The molecule has 1 atom stereocenters. The predicted molar refractivity (Wildman–Crippen MR) is 89.2 cm³/mol. The van der Waals surface area contributed by atoms with Crippen LogP contribution < -0.4 is 0 Å². The number of hydrogen-bond acceptors (Lipinski definition) is 2. The van der Waals surface area contributed by atoms with E-state index in [4.69, 9.17) is 0 Å². The predicted octanol–water partition coefficient (Wildman–Crippen LogP) is 4.28. The van der Waals surface area contributed by atoms with Crippen LogP contribution in [0, 0.1) is 5.92 Å². The number of aliphatic imine (C=N–C) groups is 1. The topological polar surface area (TPSA) is 15.6 Å². The Morgan fingerprint density at radius 2 is 1.86 bits per heavy atom. The molecule has 0 radical (unpaired) electrons. The molecule has 0 aliphatic carbocycles. The average Bonchev–Trinajstić information content (AvgIpc) is 2.93. The van der Waals surface area contributed by atoms with Crippen LogP contribution in [0.5, 0.6) is 0 Å². The molecule has 108 valence electrons. The van der Waals surface area contributed by atoms with E-state index in [2.05, 4.69) is 41.1 Å². The van der Waals surface area contributed by atoms with Gasteiger partial charge in [0.25, 0.3) is 0 Å². The number of benzene rings is 2. The molecular weight excluding hydrogens is 256 g/mol. The number of rotatable bonds is 4. The first kappa shape index (κ1) is 14.0. The van der Waals surface area contributed by atoms with Crippen molar-refractivity contribution in [1.82, 2.24) is 4.90 Å². The normalized spacial score (nSPS) is 19.4. The van der Waals surface area contributed by atoms with Crippen LogP contribution in [0.15, 0.2) is 59.6 Å². The summed E-state index contributed by atoms with van der Waals surface area (Å²) in [6, 6.07) is 18.8. The van der Waals surface area contributed by atoms with E-state index in [1.807, 2.05) is 36.5 Å². The lowest BCUT2D eigenvalue weighted by atomic mass is 10.1. The third-order valence-corrected chi connectivity index (χ3v) is 4.01. The Morgan fingerprint density at radius 3 is 2.52 bits per heavy atom. The van der Waals surface area contributed by atoms with Crippen LogP contribution in [-0.4, -0.2) is 24.2 Å². The van der Waals surface area contributed by atoms with Crippen LogP contribution >= 0.6 is 0 Å². The molecule has 21 heavy (non-hydrogen) atoms. The van der Waals surface area contributed by atoms with Crippen molar-refractivity contribution in [3.63, 3.8) is 0 Å². The molecule has 1 aliphatic heterocycles. The van der Waals surface area contributed by atoms with E-state index in [0.717, 1.165) is 23.7 Å². The van der Waals surface area contributed by atoms with E-state index in [0.29, 0.717) is 0 Å². The van der Waals surface area contributed by atoms with Gasteiger partial charge in [0.1, 0.15) is 0 Å². The van der Waals surface area contributed by atoms with Crippen molar-refractivity contribution in [3.05, 3.63) is 65.7 Å². The van der Waals surface area contributed by atoms with E-state index < -0.39 is 0 Å². The summed E-state index contributed by atoms with van der Waals surface area (Å²) < 4.78 is 0. The number of para-hydroxylation sites is 1. The van der Waals surface area contributed by atoms with Crippen LogP contribution in [0.3, 0.4) is 0 Å². The van der Waals surface area contributed by atoms with Crippen LogP contribution in [0.2, 0.25) is 0 Å². The molecule has 1 heterocycles. The van der Waals surface area contributed by atoms with E-state index in [-0.39, 0.29) is 0 Å². The highest BCUT2D eigenvalue weighted by atomic mass is 15.1. The lowest BCUT2D eigenvalue weighted by Crippen LogP contribution is -2.19. The van der Waals surface area contributed by atoms with Gasteiger partial charge in [0.05, 0.1) is 5.69 Å². The van der Waals surface area contributed by atoms with Gasteiger partial charge in [-0.2, -0.15) is 0 Å². The molecule has 2 heteroatoms. The van der Waals surface area contributed by atoms with Crippen LogP contribution in [-0.2, 0) is 6.54 Å². The smallest absolute Gasteiger partial charge is 0.0629 e. The van der Waals surface area contributed by atoms with Crippen molar-refractivity contribution >= 4 is 11.9 Å². The monoisotopic (exact) mass is 278 g/mol. The zero-order valence-electron chi connectivity index (χ0n) is 12.6. The zero-order chi connectivity index (χ0) is 14.5. The molecule has 2 aromatic carbocycles. The number of hydrogen-bond donors (Lipinski definition) is 0. The van der Waals surface area contributed by atoms with Gasteiger partial charge in [-0.15, -0.1) is 0 Å². The van der Waals surface area contributed by atoms with Crippen LogP contribution in [0.1, 0.15) is 24.5 Å². The standard InChI is InChI=1S/C19H22N2/c1-16-11-12-21(14-16)15-18-9-7-17(8-10-18)13-20-19-5-3-2-4-6-19/h2-10,13,16H,11-12,14-15H2,1H3. The minimum absolute atomic E-state index is 0.849. The highest BCUT2D eigenvalue weighted by Crippen LogP contribution is 2.18. The van der Waals surface area contributed by atoms with Crippen molar-refractivity contribution in [2.75, 3.05) is 13.1 Å². The molecule has 0 aromatic heterocycles. The van der Waals surface area contributed by atoms with Crippen molar-refractivity contribution in [2.24, 2.45) is 10.9 Å². The largest absolute Gasteiger partial charge is 0.299 e. The Kier molecular flexibility index (Phi) is 4.46. The summed E-state index contributed by atoms with van der Waals surface area (Å²) in [5.41, 5.74) is 3.53. The first-order valence-electron chi connectivity index (χ1n) is 7.70. The third kappa shape index (κ3) is 4.02. The Bertz CT molecular complexity index is 587. The molecule has 3 rings (SSSR count). The van der Waals surface area contributed by atoms with E-state index >= 15 is 0 Å². The van der Waals surface area contributed by atoms with Crippen molar-refractivity contribution in [1.29, 1.82) is 0 Å². The first-order chi connectivity index (χ1) is 10.3. The van der Waals surface area contributed by atoms with Gasteiger partial charge in [0, 0.05) is 19.3 Å². The average molecular weight is 278 g/mol. The molecule has 2 aromatic rings. The molecule has 1 fully saturated rings. The van der Waals surface area contributed by atoms with Gasteiger partial charge >= 0.3 is 0 Å². The van der Waals surface area contributed by atoms with Crippen molar-refractivity contribution in [2.45, 2.75) is 19.9 Å². The van der Waals surface area contributed by atoms with Gasteiger partial charge in [-0.05, 0) is 42.1 Å². The Morgan fingerprint density at radius 1 is 1.10 bits per heavy atom. The molecule has 0 saturated carbocycles. The Balaban J connectivity index is 1.60. The molecule has 0 N–H and O–H groups in total. The maximum absolute atomic E-state index is 4.48. The number of likely N-dealkylation sites (tertiary alicyclic amines) is 1. The minimum Gasteiger partial charge on any atom is -0.299 e. The summed E-state index contributed by atoms with van der Waals surface area (Å²) in [5.74, 6) is 0.849. The van der Waals surface area contributed by atoms with Crippen LogP contribution in [0.4, 0.5) is 5.69 Å². The van der Waals surface area contributed by atoms with Gasteiger partial charge in [-0.25, -0.2) is 0 Å². The highest BCUT2D eigenvalue weighted by molar-refractivity contribution is 5.81. The van der Waals surface area contributed by atoms with Gasteiger partial charge in [0.15, 0.2) is 0 Å². The second kappa shape index (κ2) is 6.68. The Hall–Kier alpha value is -1.93. The fourth-order valence-electron chi connectivity index (χ4n) is 2.80. The SMILES string of the molecule is CC1CCN(Cc2ccc(C=Nc3ccccc3)cc2)C1. The summed E-state index contributed by atoms with van der Waals surface area (Å²) in [7, 11) is 0. The maximum atomic E-state index is 4.48. The first-order valence-corrected chi connectivity index (χ1v) is 7.70. The number of nitrogens with zero attached hydrogens (tertiary/aromatic N) is 2. The lowest BCUT2D eigenvalue weighted by molar-refractivity contribution is 0.320. The molecule has 1 aliphatic rings. The van der Waals surface area contributed by atoms with E-state index in [1.54, 1.807) is 0 Å². The second-order valence-corrected chi connectivity index (χ2v) is 5.96. The summed E-state index contributed by atoms with van der Waals surface area (Å²) in [6.45, 7) is 5.87. The molecule has 0 bridgehead atoms. The fraction of sp³-hybridized carbons (Fsp3) is 0.316. The van der Waals surface area contributed by atoms with Gasteiger partial charge in [-0.1, -0.05) is 49.4 Å². The summed E-state index contributed by atoms with van der Waals surface area (Å²) in [6.07, 6.45) is 3.26. The van der Waals surface area contributed by atoms with Gasteiger partial charge < -0.3 is 0 Å².